The summed E-state index contributed by atoms with van der Waals surface area (Å²) >= 11 is 0. The minimum absolute atomic E-state index is 0.0660. The van der Waals surface area contributed by atoms with Crippen molar-refractivity contribution in [2.75, 3.05) is 13.7 Å². The maximum absolute atomic E-state index is 11.7. The number of carbonyl (C=O) groups excluding carboxylic acids is 1. The Morgan fingerprint density at radius 1 is 1.56 bits per heavy atom. The van der Waals surface area contributed by atoms with Gasteiger partial charge in [-0.25, -0.2) is 0 Å². The van der Waals surface area contributed by atoms with Crippen LogP contribution in [-0.4, -0.2) is 30.8 Å². The van der Waals surface area contributed by atoms with E-state index in [1.165, 1.54) is 0 Å². The first-order chi connectivity index (χ1) is 7.67. The van der Waals surface area contributed by atoms with Crippen LogP contribution < -0.4 is 5.32 Å². The van der Waals surface area contributed by atoms with Gasteiger partial charge in [0.05, 0.1) is 13.2 Å². The molecule has 16 heavy (non-hydrogen) atoms. The number of benzene rings is 1. The lowest BCUT2D eigenvalue weighted by molar-refractivity contribution is 0.0922. The molecule has 0 heterocycles. The van der Waals surface area contributed by atoms with E-state index in [0.717, 1.165) is 5.56 Å². The molecule has 0 aromatic heterocycles. The summed E-state index contributed by atoms with van der Waals surface area (Å²) < 4.78 is 4.99. The van der Waals surface area contributed by atoms with Crippen molar-refractivity contribution in [2.45, 2.75) is 19.6 Å². The Labute approximate surface area is 95.2 Å². The smallest absolute Gasteiger partial charge is 0.251 e. The van der Waals surface area contributed by atoms with E-state index in [1.54, 1.807) is 26.2 Å². The number of aliphatic hydroxyl groups is 1. The molecule has 0 aliphatic heterocycles. The highest BCUT2D eigenvalue weighted by Gasteiger charge is 2.08. The van der Waals surface area contributed by atoms with Gasteiger partial charge in [0, 0.05) is 18.7 Å². The third-order valence-electron chi connectivity index (χ3n) is 2.15. The van der Waals surface area contributed by atoms with Crippen LogP contribution in [0.25, 0.3) is 0 Å². The normalized spacial score (nSPS) is 12.2. The Morgan fingerprint density at radius 2 is 2.31 bits per heavy atom. The van der Waals surface area contributed by atoms with E-state index in [-0.39, 0.29) is 18.6 Å². The second-order valence-electron chi connectivity index (χ2n) is 3.69. The van der Waals surface area contributed by atoms with Gasteiger partial charge in [-0.2, -0.15) is 0 Å². The predicted molar refractivity (Wildman–Crippen MR) is 61.2 cm³/mol. The van der Waals surface area contributed by atoms with E-state index in [1.807, 2.05) is 12.1 Å². The Bertz CT molecular complexity index is 352. The van der Waals surface area contributed by atoms with Gasteiger partial charge < -0.3 is 15.2 Å². The largest absolute Gasteiger partial charge is 0.394 e. The van der Waals surface area contributed by atoms with Gasteiger partial charge >= 0.3 is 0 Å². The van der Waals surface area contributed by atoms with E-state index in [0.29, 0.717) is 12.2 Å². The lowest BCUT2D eigenvalue weighted by atomic mass is 10.1. The number of nitrogens with one attached hydrogen (secondary N) is 1. The quantitative estimate of drug-likeness (QED) is 0.781. The summed E-state index contributed by atoms with van der Waals surface area (Å²) in [4.78, 5) is 11.7. The van der Waals surface area contributed by atoms with Crippen molar-refractivity contribution in [3.8, 4) is 0 Å². The molecule has 1 atom stereocenters. The molecule has 2 N–H and O–H groups in total. The van der Waals surface area contributed by atoms with Crippen molar-refractivity contribution in [2.24, 2.45) is 0 Å². The first-order valence-electron chi connectivity index (χ1n) is 5.17. The van der Waals surface area contributed by atoms with Crippen LogP contribution in [-0.2, 0) is 11.3 Å². The minimum atomic E-state index is -0.237. The topological polar surface area (TPSA) is 58.6 Å². The fraction of sp³-hybridized carbons (Fsp3) is 0.417. The molecule has 4 heteroatoms. The van der Waals surface area contributed by atoms with Crippen LogP contribution in [0.5, 0.6) is 0 Å². The van der Waals surface area contributed by atoms with Gasteiger partial charge in [-0.05, 0) is 24.6 Å². The highest BCUT2D eigenvalue weighted by atomic mass is 16.5. The number of carbonyl (C=O) groups is 1. The number of aliphatic hydroxyl groups excluding tert-OH is 1. The van der Waals surface area contributed by atoms with E-state index < -0.39 is 0 Å². The summed E-state index contributed by atoms with van der Waals surface area (Å²) in [7, 11) is 1.61. The molecule has 0 unspecified atom stereocenters. The molecule has 0 aliphatic carbocycles. The third kappa shape index (κ3) is 3.64. The van der Waals surface area contributed by atoms with Gasteiger partial charge in [-0.1, -0.05) is 12.1 Å². The SMILES string of the molecule is COCc1cccc(C(=O)N[C@@H](C)CO)c1. The predicted octanol–water partition coefficient (Wildman–Crippen LogP) is 0.944. The van der Waals surface area contributed by atoms with E-state index in [9.17, 15) is 4.79 Å². The lowest BCUT2D eigenvalue weighted by Gasteiger charge is -2.11. The van der Waals surface area contributed by atoms with Crippen molar-refractivity contribution in [3.63, 3.8) is 0 Å². The summed E-state index contributed by atoms with van der Waals surface area (Å²) in [6, 6.07) is 6.99. The lowest BCUT2D eigenvalue weighted by Crippen LogP contribution is -2.35. The minimum Gasteiger partial charge on any atom is -0.394 e. The fourth-order valence-corrected chi connectivity index (χ4v) is 1.32. The number of amides is 1. The van der Waals surface area contributed by atoms with Crippen molar-refractivity contribution in [3.05, 3.63) is 35.4 Å². The van der Waals surface area contributed by atoms with Gasteiger partial charge in [-0.3, -0.25) is 4.79 Å². The summed E-state index contributed by atoms with van der Waals surface area (Å²) in [6.07, 6.45) is 0. The highest BCUT2D eigenvalue weighted by Crippen LogP contribution is 2.06. The molecule has 0 spiro atoms. The second-order valence-corrected chi connectivity index (χ2v) is 3.69. The first-order valence-corrected chi connectivity index (χ1v) is 5.17. The van der Waals surface area contributed by atoms with Crippen LogP contribution in [0, 0.1) is 0 Å². The first kappa shape index (κ1) is 12.7. The average molecular weight is 223 g/mol. The molecular formula is C12H17NO3. The zero-order valence-electron chi connectivity index (χ0n) is 9.56. The highest BCUT2D eigenvalue weighted by molar-refractivity contribution is 5.94. The van der Waals surface area contributed by atoms with Crippen LogP contribution in [0.2, 0.25) is 0 Å². The maximum Gasteiger partial charge on any atom is 0.251 e. The molecule has 1 aromatic rings. The van der Waals surface area contributed by atoms with Crippen LogP contribution in [0.1, 0.15) is 22.8 Å². The van der Waals surface area contributed by atoms with Gasteiger partial charge in [0.25, 0.3) is 5.91 Å². The van der Waals surface area contributed by atoms with Gasteiger partial charge in [0.1, 0.15) is 0 Å². The average Bonchev–Trinajstić information content (AvgIpc) is 2.29. The zero-order chi connectivity index (χ0) is 12.0. The second kappa shape index (κ2) is 6.25. The van der Waals surface area contributed by atoms with E-state index in [4.69, 9.17) is 9.84 Å². The molecule has 1 amide bonds. The summed E-state index contributed by atoms with van der Waals surface area (Å²) in [5, 5.41) is 11.5. The molecule has 0 radical (unpaired) electrons. The monoisotopic (exact) mass is 223 g/mol. The molecule has 1 aromatic carbocycles. The molecule has 0 saturated heterocycles. The molecule has 0 bridgehead atoms. The van der Waals surface area contributed by atoms with Crippen LogP contribution in [0.4, 0.5) is 0 Å². The zero-order valence-corrected chi connectivity index (χ0v) is 9.56. The van der Waals surface area contributed by atoms with Crippen molar-refractivity contribution < 1.29 is 14.6 Å². The summed E-state index contributed by atoms with van der Waals surface area (Å²) in [5.74, 6) is -0.181. The van der Waals surface area contributed by atoms with Crippen molar-refractivity contribution in [1.82, 2.24) is 5.32 Å². The molecular weight excluding hydrogens is 206 g/mol. The molecule has 0 fully saturated rings. The molecule has 1 rings (SSSR count). The number of hydrogen-bond donors (Lipinski definition) is 2. The van der Waals surface area contributed by atoms with Crippen LogP contribution >= 0.6 is 0 Å². The summed E-state index contributed by atoms with van der Waals surface area (Å²) in [5.41, 5.74) is 1.53. The molecule has 0 aliphatic rings. The van der Waals surface area contributed by atoms with Crippen molar-refractivity contribution >= 4 is 5.91 Å². The van der Waals surface area contributed by atoms with Gasteiger partial charge in [0.15, 0.2) is 0 Å². The fourth-order valence-electron chi connectivity index (χ4n) is 1.32. The number of ether oxygens (including phenoxy) is 1. The van der Waals surface area contributed by atoms with E-state index in [2.05, 4.69) is 5.32 Å². The van der Waals surface area contributed by atoms with Crippen molar-refractivity contribution in [1.29, 1.82) is 0 Å². The standard InChI is InChI=1S/C12H17NO3/c1-9(7-14)13-12(15)11-5-3-4-10(6-11)8-16-2/h3-6,9,14H,7-8H2,1-2H3,(H,13,15)/t9-/m0/s1. The van der Waals surface area contributed by atoms with E-state index >= 15 is 0 Å². The number of hydrogen-bond acceptors (Lipinski definition) is 3. The Balaban J connectivity index is 2.71. The Morgan fingerprint density at radius 3 is 2.94 bits per heavy atom. The van der Waals surface area contributed by atoms with Gasteiger partial charge in [-0.15, -0.1) is 0 Å². The molecule has 88 valence electrons. The molecule has 4 nitrogen and oxygen atoms in total. The number of methoxy groups -OCH3 is 1. The summed E-state index contributed by atoms with van der Waals surface area (Å²) in [6.45, 7) is 2.16. The third-order valence-corrected chi connectivity index (χ3v) is 2.15. The van der Waals surface area contributed by atoms with Crippen LogP contribution in [0.15, 0.2) is 24.3 Å². The Kier molecular flexibility index (Phi) is 4.95. The van der Waals surface area contributed by atoms with Gasteiger partial charge in [0.2, 0.25) is 0 Å². The molecule has 0 saturated carbocycles. The number of rotatable bonds is 5. The van der Waals surface area contributed by atoms with Crippen LogP contribution in [0.3, 0.4) is 0 Å². The Hall–Kier alpha value is -1.39. The maximum atomic E-state index is 11.7.